The molecule has 6 aromatic carbocycles. The molecule has 296 valence electrons. The number of phenolic OH excluding ortho intramolecular Hbond substituents is 16. The predicted molar refractivity (Wildman–Crippen MR) is 186 cm³/mol. The first-order valence-electron chi connectivity index (χ1n) is 15.4. The maximum atomic E-state index is 10.8. The number of benzene rings is 6. The fourth-order valence-electron chi connectivity index (χ4n) is 4.88. The Balaban J connectivity index is 1.38. The summed E-state index contributed by atoms with van der Waals surface area (Å²) in [5.74, 6) is -22.1. The van der Waals surface area contributed by atoms with Crippen LogP contribution in [-0.2, 0) is 0 Å². The molecule has 0 fully saturated rings. The lowest BCUT2D eigenvalue weighted by atomic mass is 10.2. The summed E-state index contributed by atoms with van der Waals surface area (Å²) in [5, 5.41) is 164. The van der Waals surface area contributed by atoms with Gasteiger partial charge in [-0.05, 0) is 0 Å². The van der Waals surface area contributed by atoms with Gasteiger partial charge < -0.3 is 105 Å². The summed E-state index contributed by atoms with van der Waals surface area (Å²) in [6.07, 6.45) is 0. The molecule has 21 nitrogen and oxygen atoms in total. The molecule has 0 unspecified atom stereocenters. The highest BCUT2D eigenvalue weighted by Crippen LogP contribution is 2.56. The van der Waals surface area contributed by atoms with E-state index < -0.39 is 149 Å². The van der Waals surface area contributed by atoms with Gasteiger partial charge >= 0.3 is 0 Å². The van der Waals surface area contributed by atoms with Crippen molar-refractivity contribution >= 4 is 0 Å². The summed E-state index contributed by atoms with van der Waals surface area (Å²) >= 11 is 0. The molecule has 0 saturated carbocycles. The van der Waals surface area contributed by atoms with E-state index in [9.17, 15) is 81.7 Å². The Morgan fingerprint density at radius 2 is 0.544 bits per heavy atom. The third-order valence-corrected chi connectivity index (χ3v) is 7.58. The van der Waals surface area contributed by atoms with Crippen molar-refractivity contribution in [3.05, 3.63) is 60.7 Å². The van der Waals surface area contributed by atoms with Gasteiger partial charge in [0.25, 0.3) is 0 Å². The molecule has 0 spiro atoms. The zero-order valence-corrected chi connectivity index (χ0v) is 28.0. The standard InChI is InChI=1S/C36H26O21/c37-11-1-21(44)34(22(45)2-11)53-13-5-17(40)28(47)23(7-13)56-26-10-20(43)31(50)33(52)36(26)55-14-6-18(41)29(48)24(8-14)57-25-9-19(42)30(49)32(51)35(25)54-12-3-15(38)27(46)16(39)4-12/h1-10,37-52H. The fourth-order valence-corrected chi connectivity index (χ4v) is 4.88. The molecular formula is C36H26O21. The highest BCUT2D eigenvalue weighted by atomic mass is 16.5. The molecule has 0 aliphatic heterocycles. The highest BCUT2D eigenvalue weighted by molar-refractivity contribution is 5.69. The van der Waals surface area contributed by atoms with E-state index in [2.05, 4.69) is 0 Å². The van der Waals surface area contributed by atoms with E-state index in [0.717, 1.165) is 48.5 Å². The smallest absolute Gasteiger partial charge is 0.215 e. The average Bonchev–Trinajstić information content (AvgIpc) is 3.14. The second-order valence-electron chi connectivity index (χ2n) is 11.6. The van der Waals surface area contributed by atoms with Crippen LogP contribution in [0.2, 0.25) is 0 Å². The molecule has 0 heterocycles. The number of ether oxygens (including phenoxy) is 5. The van der Waals surface area contributed by atoms with Gasteiger partial charge in [0.2, 0.25) is 57.5 Å². The Bertz CT molecular complexity index is 2540. The van der Waals surface area contributed by atoms with Gasteiger partial charge in [0.15, 0.2) is 69.0 Å². The third-order valence-electron chi connectivity index (χ3n) is 7.58. The van der Waals surface area contributed by atoms with Crippen molar-refractivity contribution in [1.29, 1.82) is 0 Å². The van der Waals surface area contributed by atoms with Crippen LogP contribution in [0.4, 0.5) is 0 Å². The molecule has 6 rings (SSSR count). The maximum absolute atomic E-state index is 10.8. The Morgan fingerprint density at radius 3 is 0.930 bits per heavy atom. The highest BCUT2D eigenvalue weighted by Gasteiger charge is 2.27. The average molecular weight is 795 g/mol. The summed E-state index contributed by atoms with van der Waals surface area (Å²) in [4.78, 5) is 0. The van der Waals surface area contributed by atoms with Crippen LogP contribution in [0.5, 0.6) is 149 Å². The van der Waals surface area contributed by atoms with Crippen molar-refractivity contribution in [3.63, 3.8) is 0 Å². The zero-order chi connectivity index (χ0) is 41.6. The zero-order valence-electron chi connectivity index (χ0n) is 28.0. The lowest BCUT2D eigenvalue weighted by molar-refractivity contribution is 0.321. The molecule has 57 heavy (non-hydrogen) atoms. The van der Waals surface area contributed by atoms with Gasteiger partial charge in [0.1, 0.15) is 23.0 Å². The predicted octanol–water partition coefficient (Wildman–Crippen LogP) is 5.94. The molecule has 0 aliphatic rings. The van der Waals surface area contributed by atoms with Crippen molar-refractivity contribution < 1.29 is 105 Å². The summed E-state index contributed by atoms with van der Waals surface area (Å²) in [6.45, 7) is 0. The van der Waals surface area contributed by atoms with Gasteiger partial charge in [0, 0.05) is 60.7 Å². The first-order chi connectivity index (χ1) is 26.8. The van der Waals surface area contributed by atoms with E-state index in [0.29, 0.717) is 12.1 Å². The molecule has 21 heteroatoms. The van der Waals surface area contributed by atoms with Crippen LogP contribution in [0.3, 0.4) is 0 Å². The first-order valence-corrected chi connectivity index (χ1v) is 15.4. The molecule has 6 aromatic rings. The van der Waals surface area contributed by atoms with Gasteiger partial charge in [0.05, 0.1) is 0 Å². The van der Waals surface area contributed by atoms with Crippen molar-refractivity contribution in [2.45, 2.75) is 0 Å². The van der Waals surface area contributed by atoms with Crippen LogP contribution >= 0.6 is 0 Å². The van der Waals surface area contributed by atoms with Crippen molar-refractivity contribution in [1.82, 2.24) is 0 Å². The van der Waals surface area contributed by atoms with Crippen LogP contribution < -0.4 is 23.7 Å². The van der Waals surface area contributed by atoms with Crippen molar-refractivity contribution in [2.75, 3.05) is 0 Å². The summed E-state index contributed by atoms with van der Waals surface area (Å²) in [5.41, 5.74) is 0. The molecule has 0 saturated heterocycles. The van der Waals surface area contributed by atoms with E-state index in [1.54, 1.807) is 0 Å². The minimum Gasteiger partial charge on any atom is -0.508 e. The number of aromatic hydroxyl groups is 16. The van der Waals surface area contributed by atoms with Crippen LogP contribution in [0.15, 0.2) is 60.7 Å². The minimum atomic E-state index is -1.22. The largest absolute Gasteiger partial charge is 0.508 e. The van der Waals surface area contributed by atoms with Gasteiger partial charge in [-0.2, -0.15) is 0 Å². The second-order valence-corrected chi connectivity index (χ2v) is 11.6. The molecule has 0 bridgehead atoms. The SMILES string of the molecule is Oc1cc(O)c(Oc2cc(O)c(O)c(Oc3cc(O)c(O)c(O)c3Oc3cc(O)c(O)c(Oc4cc(O)c(O)c(O)c4Oc4cc(O)c(O)c(O)c4)c3)c2)c(O)c1. The lowest BCUT2D eigenvalue weighted by Crippen LogP contribution is -1.95. The normalized spacial score (nSPS) is 10.9. The van der Waals surface area contributed by atoms with Crippen LogP contribution in [0.1, 0.15) is 0 Å². The van der Waals surface area contributed by atoms with E-state index in [1.165, 1.54) is 0 Å². The van der Waals surface area contributed by atoms with E-state index in [-0.39, 0.29) is 0 Å². The van der Waals surface area contributed by atoms with Gasteiger partial charge in [-0.3, -0.25) is 0 Å². The van der Waals surface area contributed by atoms with Crippen molar-refractivity contribution in [2.24, 2.45) is 0 Å². The molecule has 0 amide bonds. The Hall–Kier alpha value is -8.88. The third kappa shape index (κ3) is 7.24. The summed E-state index contributed by atoms with van der Waals surface area (Å²) < 4.78 is 27.6. The monoisotopic (exact) mass is 794 g/mol. The molecule has 0 aromatic heterocycles. The quantitative estimate of drug-likeness (QED) is 0.0713. The second kappa shape index (κ2) is 14.2. The van der Waals surface area contributed by atoms with E-state index in [4.69, 9.17) is 23.7 Å². The molecule has 16 N–H and O–H groups in total. The van der Waals surface area contributed by atoms with Gasteiger partial charge in [-0.25, -0.2) is 0 Å². The number of hydrogen-bond acceptors (Lipinski definition) is 21. The Morgan fingerprint density at radius 1 is 0.228 bits per heavy atom. The number of phenols is 16. The molecule has 0 aliphatic carbocycles. The lowest BCUT2D eigenvalue weighted by Gasteiger charge is -2.19. The van der Waals surface area contributed by atoms with Crippen LogP contribution in [0, 0.1) is 0 Å². The molecule has 0 radical (unpaired) electrons. The fraction of sp³-hybridized carbons (Fsp3) is 0. The Labute approximate surface area is 315 Å². The maximum Gasteiger partial charge on any atom is 0.215 e. The van der Waals surface area contributed by atoms with Gasteiger partial charge in [-0.1, -0.05) is 0 Å². The van der Waals surface area contributed by atoms with Crippen LogP contribution in [0.25, 0.3) is 0 Å². The summed E-state index contributed by atoms with van der Waals surface area (Å²) in [7, 11) is 0. The number of hydrogen-bond donors (Lipinski definition) is 16. The molecular weight excluding hydrogens is 768 g/mol. The first kappa shape index (κ1) is 37.9. The Kier molecular flexibility index (Phi) is 9.41. The van der Waals surface area contributed by atoms with E-state index >= 15 is 0 Å². The summed E-state index contributed by atoms with van der Waals surface area (Å²) in [6, 6.07) is 7.74. The van der Waals surface area contributed by atoms with Crippen LogP contribution in [-0.4, -0.2) is 81.7 Å². The molecule has 0 atom stereocenters. The minimum absolute atomic E-state index is 0.412. The van der Waals surface area contributed by atoms with E-state index in [1.807, 2.05) is 0 Å². The topological polar surface area (TPSA) is 370 Å². The van der Waals surface area contributed by atoms with Crippen molar-refractivity contribution in [3.8, 4) is 149 Å². The van der Waals surface area contributed by atoms with Gasteiger partial charge in [-0.15, -0.1) is 0 Å². The number of rotatable bonds is 10.